The molecule has 3 aromatic rings. The van der Waals surface area contributed by atoms with E-state index in [1.807, 2.05) is 40.8 Å². The van der Waals surface area contributed by atoms with E-state index in [4.69, 9.17) is 16.3 Å². The van der Waals surface area contributed by atoms with Gasteiger partial charge in [0.1, 0.15) is 5.82 Å². The summed E-state index contributed by atoms with van der Waals surface area (Å²) in [5.41, 5.74) is 1.65. The standard InChI is InChI=1S/C33H39ClFN3O5/c1-19(2)29-13-10-22(18-43-23-11-8-20(9-12-23)33(41)42)38(29)31(39)15-21-14-26(34)28(16-27(21)35)36-32(40)25-17-37(3)30-7-5-4-6-24(25)30/h4-7,14,16-17,19-20,22-23,29H,8-13,15,18H2,1-3H3,(H,36,40)(H,41,42)/t20-,22-,23-,29+/m0/s1. The summed E-state index contributed by atoms with van der Waals surface area (Å²) in [7, 11) is 1.85. The third-order valence-electron chi connectivity index (χ3n) is 9.02. The minimum Gasteiger partial charge on any atom is -0.481 e. The van der Waals surface area contributed by atoms with Crippen LogP contribution < -0.4 is 5.32 Å². The van der Waals surface area contributed by atoms with E-state index in [0.717, 1.165) is 23.7 Å². The number of nitrogens with one attached hydrogen (secondary N) is 1. The number of nitrogens with zero attached hydrogens (tertiary/aromatic N) is 2. The van der Waals surface area contributed by atoms with Crippen LogP contribution in [0.3, 0.4) is 0 Å². The summed E-state index contributed by atoms with van der Waals surface area (Å²) in [6, 6.07) is 9.99. The molecular weight excluding hydrogens is 573 g/mol. The number of rotatable bonds is 9. The fourth-order valence-corrected chi connectivity index (χ4v) is 6.86. The van der Waals surface area contributed by atoms with E-state index >= 15 is 4.39 Å². The van der Waals surface area contributed by atoms with Crippen LogP contribution in [0.4, 0.5) is 10.1 Å². The number of anilines is 1. The van der Waals surface area contributed by atoms with Crippen molar-refractivity contribution < 1.29 is 28.6 Å². The normalized spacial score (nSPS) is 22.3. The van der Waals surface area contributed by atoms with Crippen molar-refractivity contribution in [1.29, 1.82) is 0 Å². The Morgan fingerprint density at radius 3 is 2.51 bits per heavy atom. The first-order chi connectivity index (χ1) is 20.5. The quantitative estimate of drug-likeness (QED) is 0.290. The average molecular weight is 612 g/mol. The molecule has 2 aromatic carbocycles. The van der Waals surface area contributed by atoms with Crippen molar-refractivity contribution in [1.82, 2.24) is 9.47 Å². The molecule has 2 aliphatic rings. The number of aryl methyl sites for hydroxylation is 1. The van der Waals surface area contributed by atoms with Crippen molar-refractivity contribution in [2.45, 2.75) is 77.0 Å². The van der Waals surface area contributed by atoms with E-state index < -0.39 is 17.7 Å². The van der Waals surface area contributed by atoms with Gasteiger partial charge < -0.3 is 24.6 Å². The molecule has 1 aliphatic heterocycles. The number of hydrogen-bond acceptors (Lipinski definition) is 4. The Kier molecular flexibility index (Phi) is 9.42. The van der Waals surface area contributed by atoms with E-state index in [-0.39, 0.29) is 58.6 Å². The van der Waals surface area contributed by atoms with Gasteiger partial charge in [0.15, 0.2) is 0 Å². The molecule has 2 fully saturated rings. The molecule has 2 heterocycles. The number of fused-ring (bicyclic) bond motifs is 1. The number of hydrogen-bond donors (Lipinski definition) is 2. The number of halogens is 2. The molecule has 1 saturated carbocycles. The van der Waals surface area contributed by atoms with Crippen LogP contribution in [-0.2, 0) is 27.8 Å². The van der Waals surface area contributed by atoms with Gasteiger partial charge in [-0.25, -0.2) is 4.39 Å². The van der Waals surface area contributed by atoms with Crippen LogP contribution in [0.2, 0.25) is 5.02 Å². The lowest BCUT2D eigenvalue weighted by atomic mass is 9.87. The Morgan fingerprint density at radius 2 is 1.81 bits per heavy atom. The number of aliphatic carboxylic acids is 1. The molecule has 8 nitrogen and oxygen atoms in total. The summed E-state index contributed by atoms with van der Waals surface area (Å²) in [4.78, 5) is 39.9. The van der Waals surface area contributed by atoms with Crippen molar-refractivity contribution in [2.75, 3.05) is 11.9 Å². The Labute approximate surface area is 256 Å². The molecule has 0 unspecified atom stereocenters. The van der Waals surface area contributed by atoms with Crippen molar-refractivity contribution >= 4 is 46.0 Å². The predicted molar refractivity (Wildman–Crippen MR) is 164 cm³/mol. The molecule has 43 heavy (non-hydrogen) atoms. The molecule has 0 radical (unpaired) electrons. The first kappa shape index (κ1) is 31.0. The van der Waals surface area contributed by atoms with Crippen molar-refractivity contribution in [3.63, 3.8) is 0 Å². The number of carbonyl (C=O) groups is 3. The number of carboxylic acids is 1. The third kappa shape index (κ3) is 6.73. The highest BCUT2D eigenvalue weighted by molar-refractivity contribution is 6.34. The monoisotopic (exact) mass is 611 g/mol. The zero-order valence-electron chi connectivity index (χ0n) is 24.8. The van der Waals surface area contributed by atoms with Gasteiger partial charge in [-0.3, -0.25) is 14.4 Å². The number of amides is 2. The summed E-state index contributed by atoms with van der Waals surface area (Å²) in [6.07, 6.45) is 5.76. The van der Waals surface area contributed by atoms with Gasteiger partial charge in [-0.2, -0.15) is 0 Å². The van der Waals surface area contributed by atoms with Gasteiger partial charge in [0.2, 0.25) is 5.91 Å². The third-order valence-corrected chi connectivity index (χ3v) is 9.33. The lowest BCUT2D eigenvalue weighted by Gasteiger charge is -2.34. The van der Waals surface area contributed by atoms with Crippen LogP contribution in [-0.4, -0.2) is 57.2 Å². The lowest BCUT2D eigenvalue weighted by molar-refractivity contribution is -0.144. The average Bonchev–Trinajstić information content (AvgIpc) is 3.56. The van der Waals surface area contributed by atoms with E-state index in [9.17, 15) is 19.5 Å². The van der Waals surface area contributed by atoms with Crippen LogP contribution in [0, 0.1) is 17.7 Å². The number of benzene rings is 2. The summed E-state index contributed by atoms with van der Waals surface area (Å²) >= 11 is 6.50. The highest BCUT2D eigenvalue weighted by Crippen LogP contribution is 2.33. The van der Waals surface area contributed by atoms with Crippen LogP contribution >= 0.6 is 11.6 Å². The van der Waals surface area contributed by atoms with Crippen LogP contribution in [0.15, 0.2) is 42.6 Å². The molecule has 0 spiro atoms. The second kappa shape index (κ2) is 13.1. The molecule has 1 saturated heterocycles. The summed E-state index contributed by atoms with van der Waals surface area (Å²) in [6.45, 7) is 4.53. The van der Waals surface area contributed by atoms with E-state index in [1.165, 1.54) is 12.1 Å². The predicted octanol–water partition coefficient (Wildman–Crippen LogP) is 6.44. The molecule has 2 N–H and O–H groups in total. The van der Waals surface area contributed by atoms with Crippen LogP contribution in [0.5, 0.6) is 0 Å². The van der Waals surface area contributed by atoms with Gasteiger partial charge >= 0.3 is 5.97 Å². The van der Waals surface area contributed by atoms with E-state index in [2.05, 4.69) is 19.2 Å². The van der Waals surface area contributed by atoms with Gasteiger partial charge in [-0.1, -0.05) is 43.6 Å². The van der Waals surface area contributed by atoms with Crippen molar-refractivity contribution in [3.05, 3.63) is 64.6 Å². The molecule has 2 atom stereocenters. The highest BCUT2D eigenvalue weighted by atomic mass is 35.5. The maximum atomic E-state index is 15.4. The molecule has 0 bridgehead atoms. The molecule has 1 aromatic heterocycles. The highest BCUT2D eigenvalue weighted by Gasteiger charge is 2.39. The summed E-state index contributed by atoms with van der Waals surface area (Å²) < 4.78 is 23.4. The van der Waals surface area contributed by atoms with Gasteiger partial charge in [-0.15, -0.1) is 0 Å². The van der Waals surface area contributed by atoms with Gasteiger partial charge in [0.05, 0.1) is 47.4 Å². The largest absolute Gasteiger partial charge is 0.481 e. The molecule has 230 valence electrons. The molecule has 2 amide bonds. The number of ether oxygens (including phenoxy) is 1. The second-order valence-electron chi connectivity index (χ2n) is 12.2. The maximum absolute atomic E-state index is 15.4. The maximum Gasteiger partial charge on any atom is 0.306 e. The van der Waals surface area contributed by atoms with E-state index in [1.54, 1.807) is 6.20 Å². The molecule has 5 rings (SSSR count). The number of carbonyl (C=O) groups excluding carboxylic acids is 2. The zero-order valence-corrected chi connectivity index (χ0v) is 25.6. The Hall–Kier alpha value is -3.43. The number of likely N-dealkylation sites (tertiary alicyclic amines) is 1. The minimum atomic E-state index is -0.752. The Morgan fingerprint density at radius 1 is 1.09 bits per heavy atom. The Balaban J connectivity index is 1.26. The smallest absolute Gasteiger partial charge is 0.306 e. The van der Waals surface area contributed by atoms with Crippen LogP contribution in [0.25, 0.3) is 10.9 Å². The molecular formula is C33H39ClFN3O5. The Bertz CT molecular complexity index is 1510. The number of aromatic nitrogens is 1. The topological polar surface area (TPSA) is 101 Å². The summed E-state index contributed by atoms with van der Waals surface area (Å²) in [5.74, 6) is -2.05. The first-order valence-corrected chi connectivity index (χ1v) is 15.4. The summed E-state index contributed by atoms with van der Waals surface area (Å²) in [5, 5.41) is 12.9. The SMILES string of the molecule is CC(C)[C@H]1CC[C@@H](CO[C@H]2CC[C@H](C(=O)O)CC2)N1C(=O)Cc1cc(Cl)c(NC(=O)c2cn(C)c3ccccc23)cc1F. The zero-order chi connectivity index (χ0) is 30.8. The first-order valence-electron chi connectivity index (χ1n) is 15.0. The minimum absolute atomic E-state index is 0.0152. The fourth-order valence-electron chi connectivity index (χ4n) is 6.63. The molecule has 1 aliphatic carbocycles. The van der Waals surface area contributed by atoms with Gasteiger partial charge in [-0.05, 0) is 68.2 Å². The van der Waals surface area contributed by atoms with Crippen molar-refractivity contribution in [2.24, 2.45) is 18.9 Å². The van der Waals surface area contributed by atoms with Gasteiger partial charge in [0.25, 0.3) is 5.91 Å². The van der Waals surface area contributed by atoms with Crippen LogP contribution in [0.1, 0.15) is 68.3 Å². The van der Waals surface area contributed by atoms with Gasteiger partial charge in [0, 0.05) is 30.2 Å². The fraction of sp³-hybridized carbons (Fsp3) is 0.485. The number of carboxylic acid groups (broad SMARTS) is 1. The second-order valence-corrected chi connectivity index (χ2v) is 12.6. The lowest BCUT2D eigenvalue weighted by Crippen LogP contribution is -2.46. The number of para-hydroxylation sites is 1. The van der Waals surface area contributed by atoms with Crippen molar-refractivity contribution in [3.8, 4) is 0 Å². The molecule has 10 heteroatoms. The van der Waals surface area contributed by atoms with E-state index in [0.29, 0.717) is 37.9 Å².